The largest absolute Gasteiger partial charge is 0.497 e. The molecule has 0 unspecified atom stereocenters. The summed E-state index contributed by atoms with van der Waals surface area (Å²) in [6.07, 6.45) is 4.89. The number of benzene rings is 3. The van der Waals surface area contributed by atoms with Crippen LogP contribution in [0.4, 0.5) is 11.4 Å². The number of anilines is 2. The maximum absolute atomic E-state index is 14.9. The van der Waals surface area contributed by atoms with Crippen LogP contribution >= 0.6 is 0 Å². The van der Waals surface area contributed by atoms with E-state index in [4.69, 9.17) is 4.74 Å². The number of rotatable bonds is 6. The molecule has 1 fully saturated rings. The number of ketones is 2. The van der Waals surface area contributed by atoms with Crippen LogP contribution in [0.15, 0.2) is 72.8 Å². The zero-order valence-electron chi connectivity index (χ0n) is 25.1. The van der Waals surface area contributed by atoms with Gasteiger partial charge in [-0.3, -0.25) is 14.4 Å². The number of hydrogen-bond donors (Lipinski definition) is 1. The molecule has 6 rings (SSSR count). The first-order valence-corrected chi connectivity index (χ1v) is 14.7. The molecule has 0 radical (unpaired) electrons. The fraction of sp³-hybridized carbons (Fsp3) is 0.361. The molecule has 3 aromatic carbocycles. The molecule has 1 N–H and O–H groups in total. The van der Waals surface area contributed by atoms with Crippen molar-refractivity contribution >= 4 is 34.9 Å². The number of amides is 1. The number of nitrogens with zero attached hydrogens (tertiary/aromatic N) is 1. The molecule has 1 amide bonds. The third-order valence-corrected chi connectivity index (χ3v) is 9.01. The van der Waals surface area contributed by atoms with Gasteiger partial charge in [-0.15, -0.1) is 0 Å². The molecule has 0 aromatic heterocycles. The molecular weight excluding hydrogens is 524 g/mol. The van der Waals surface area contributed by atoms with E-state index in [0.29, 0.717) is 22.9 Å². The van der Waals surface area contributed by atoms with Gasteiger partial charge in [0.05, 0.1) is 19.1 Å². The molecule has 4 atom stereocenters. The van der Waals surface area contributed by atoms with Crippen LogP contribution in [0.25, 0.3) is 6.08 Å². The number of nitrogens with one attached hydrogen (secondary N) is 1. The molecule has 6 heteroatoms. The predicted octanol–water partition coefficient (Wildman–Crippen LogP) is 6.48. The molecular formula is C36H38N2O4. The molecule has 3 aliphatic rings. The summed E-state index contributed by atoms with van der Waals surface area (Å²) in [7, 11) is 1.62. The minimum Gasteiger partial charge on any atom is -0.497 e. The van der Waals surface area contributed by atoms with Gasteiger partial charge in [0.1, 0.15) is 17.2 Å². The van der Waals surface area contributed by atoms with Gasteiger partial charge in [0, 0.05) is 27.9 Å². The second kappa shape index (κ2) is 9.97. The number of hydrogen-bond acceptors (Lipinski definition) is 5. The van der Waals surface area contributed by atoms with Gasteiger partial charge in [0.2, 0.25) is 5.91 Å². The van der Waals surface area contributed by atoms with Crippen molar-refractivity contribution in [2.24, 2.45) is 17.3 Å². The van der Waals surface area contributed by atoms with Gasteiger partial charge < -0.3 is 15.0 Å². The Morgan fingerprint density at radius 3 is 2.40 bits per heavy atom. The van der Waals surface area contributed by atoms with E-state index in [-0.39, 0.29) is 17.5 Å². The molecule has 0 bridgehead atoms. The van der Waals surface area contributed by atoms with Crippen LogP contribution in [-0.2, 0) is 21.4 Å². The van der Waals surface area contributed by atoms with Crippen molar-refractivity contribution in [3.63, 3.8) is 0 Å². The summed E-state index contributed by atoms with van der Waals surface area (Å²) in [6, 6.07) is 19.6. The van der Waals surface area contributed by atoms with Crippen LogP contribution < -0.4 is 15.0 Å². The number of fused-ring (bicyclic) bond motifs is 6. The van der Waals surface area contributed by atoms with Crippen LogP contribution in [0.1, 0.15) is 61.7 Å². The van der Waals surface area contributed by atoms with E-state index in [9.17, 15) is 14.4 Å². The van der Waals surface area contributed by atoms with Gasteiger partial charge in [0.15, 0.2) is 11.6 Å². The minimum atomic E-state index is -1.30. The first-order chi connectivity index (χ1) is 20.0. The first kappa shape index (κ1) is 28.0. The molecule has 1 saturated heterocycles. The van der Waals surface area contributed by atoms with Gasteiger partial charge in [-0.1, -0.05) is 89.2 Å². The molecule has 6 nitrogen and oxygen atoms in total. The van der Waals surface area contributed by atoms with Crippen molar-refractivity contribution in [1.29, 1.82) is 0 Å². The number of ether oxygens (including phenoxy) is 1. The molecule has 0 saturated carbocycles. The highest BCUT2D eigenvalue weighted by atomic mass is 16.5. The van der Waals surface area contributed by atoms with Crippen LogP contribution in [0.5, 0.6) is 5.75 Å². The molecule has 3 heterocycles. The Bertz CT molecular complexity index is 1610. The molecule has 3 aromatic rings. The van der Waals surface area contributed by atoms with Crippen molar-refractivity contribution < 1.29 is 19.1 Å². The summed E-state index contributed by atoms with van der Waals surface area (Å²) in [4.78, 5) is 45.9. The van der Waals surface area contributed by atoms with E-state index >= 15 is 0 Å². The summed E-state index contributed by atoms with van der Waals surface area (Å²) in [5.41, 5.74) is 2.73. The molecule has 1 spiro atoms. The van der Waals surface area contributed by atoms with Crippen LogP contribution in [0, 0.1) is 17.3 Å². The quantitative estimate of drug-likeness (QED) is 0.348. The average Bonchev–Trinajstić information content (AvgIpc) is 3.43. The van der Waals surface area contributed by atoms with Gasteiger partial charge >= 0.3 is 0 Å². The summed E-state index contributed by atoms with van der Waals surface area (Å²) in [6.45, 7) is 9.98. The van der Waals surface area contributed by atoms with E-state index in [0.717, 1.165) is 28.8 Å². The van der Waals surface area contributed by atoms with Gasteiger partial charge in [-0.25, -0.2) is 0 Å². The van der Waals surface area contributed by atoms with Gasteiger partial charge in [-0.05, 0) is 47.7 Å². The zero-order valence-corrected chi connectivity index (χ0v) is 25.1. The van der Waals surface area contributed by atoms with Crippen molar-refractivity contribution in [3.05, 3.63) is 95.1 Å². The van der Waals surface area contributed by atoms with Crippen LogP contribution in [0.3, 0.4) is 0 Å². The van der Waals surface area contributed by atoms with E-state index in [1.165, 1.54) is 0 Å². The Kier molecular flexibility index (Phi) is 6.64. The fourth-order valence-corrected chi connectivity index (χ4v) is 7.18. The number of para-hydroxylation sites is 1. The topological polar surface area (TPSA) is 75.7 Å². The van der Waals surface area contributed by atoms with Crippen LogP contribution in [-0.4, -0.2) is 36.7 Å². The lowest BCUT2D eigenvalue weighted by atomic mass is 9.63. The highest BCUT2D eigenvalue weighted by molar-refractivity contribution is 6.17. The fourth-order valence-electron chi connectivity index (χ4n) is 7.18. The molecule has 42 heavy (non-hydrogen) atoms. The SMILES string of the molecule is COc1ccc2c(c1)C=C[C@@H]1N2[C@H](C(=O)C(C)(C)C)[C@@H](C(=O)c2ccc(CC(C)C)cc2)[C@@]12C(=O)Nc1ccccc12. The van der Waals surface area contributed by atoms with E-state index in [1.54, 1.807) is 7.11 Å². The third kappa shape index (κ3) is 4.11. The van der Waals surface area contributed by atoms with Crippen LogP contribution in [0.2, 0.25) is 0 Å². The molecule has 216 valence electrons. The van der Waals surface area contributed by atoms with Crippen molar-refractivity contribution in [2.45, 2.75) is 58.5 Å². The Labute approximate surface area is 247 Å². The summed E-state index contributed by atoms with van der Waals surface area (Å²) >= 11 is 0. The van der Waals surface area contributed by atoms with Crippen molar-refractivity contribution in [2.75, 3.05) is 17.3 Å². The highest BCUT2D eigenvalue weighted by Gasteiger charge is 2.70. The van der Waals surface area contributed by atoms with E-state index in [2.05, 4.69) is 19.2 Å². The Morgan fingerprint density at radius 2 is 1.74 bits per heavy atom. The minimum absolute atomic E-state index is 0.0756. The third-order valence-electron chi connectivity index (χ3n) is 9.01. The molecule has 0 aliphatic carbocycles. The monoisotopic (exact) mass is 562 g/mol. The maximum Gasteiger partial charge on any atom is 0.238 e. The lowest BCUT2D eigenvalue weighted by molar-refractivity contribution is -0.128. The maximum atomic E-state index is 14.9. The number of Topliss-reactive ketones (excluding diaryl/α,β-unsaturated/α-hetero) is 2. The zero-order chi connectivity index (χ0) is 30.0. The Morgan fingerprint density at radius 1 is 1.02 bits per heavy atom. The second-order valence-corrected chi connectivity index (χ2v) is 13.2. The van der Waals surface area contributed by atoms with E-state index < -0.39 is 28.8 Å². The average molecular weight is 563 g/mol. The number of carbonyl (C=O) groups is 3. The summed E-state index contributed by atoms with van der Waals surface area (Å²) in [5, 5.41) is 3.09. The summed E-state index contributed by atoms with van der Waals surface area (Å²) < 4.78 is 5.49. The van der Waals surface area contributed by atoms with Gasteiger partial charge in [-0.2, -0.15) is 0 Å². The lowest BCUT2D eigenvalue weighted by Gasteiger charge is -2.38. The highest BCUT2D eigenvalue weighted by Crippen LogP contribution is 2.58. The smallest absolute Gasteiger partial charge is 0.238 e. The van der Waals surface area contributed by atoms with Crippen molar-refractivity contribution in [1.82, 2.24) is 0 Å². The number of methoxy groups -OCH3 is 1. The van der Waals surface area contributed by atoms with Gasteiger partial charge in [0.25, 0.3) is 0 Å². The second-order valence-electron chi connectivity index (χ2n) is 13.2. The number of carbonyl (C=O) groups excluding carboxylic acids is 3. The van der Waals surface area contributed by atoms with E-state index in [1.807, 2.05) is 105 Å². The Balaban J connectivity index is 1.61. The molecule has 3 aliphatic heterocycles. The Hall–Kier alpha value is -4.19. The standard InChI is InChI=1S/C36H38N2O4/c1-21(2)19-22-11-13-23(14-12-22)32(39)30-31(33(40)35(3,4)5)38-28-17-16-25(42-6)20-24(28)15-18-29(38)36(30)26-9-7-8-10-27(26)37-34(36)41/h7-18,20-21,29-31H,19H2,1-6H3,(H,37,41)/t29-,30-,31-,36-/m0/s1. The predicted molar refractivity (Wildman–Crippen MR) is 166 cm³/mol. The lowest BCUT2D eigenvalue weighted by Crippen LogP contribution is -2.51. The first-order valence-electron chi connectivity index (χ1n) is 14.7. The summed E-state index contributed by atoms with van der Waals surface area (Å²) in [5.74, 6) is -0.293. The van der Waals surface area contributed by atoms with Crippen molar-refractivity contribution in [3.8, 4) is 5.75 Å². The normalized spacial score (nSPS) is 23.9.